The second-order valence-electron chi connectivity index (χ2n) is 11.0. The van der Waals surface area contributed by atoms with E-state index in [9.17, 15) is 14.4 Å². The van der Waals surface area contributed by atoms with Crippen molar-refractivity contribution in [3.05, 3.63) is 48.6 Å². The van der Waals surface area contributed by atoms with E-state index in [2.05, 4.69) is 17.2 Å². The van der Waals surface area contributed by atoms with E-state index >= 15 is 0 Å². The van der Waals surface area contributed by atoms with Gasteiger partial charge in [0.15, 0.2) is 0 Å². The molecule has 0 aromatic heterocycles. The smallest absolute Gasteiger partial charge is 0.310 e. The predicted octanol–water partition coefficient (Wildman–Crippen LogP) is 5.35. The van der Waals surface area contributed by atoms with Crippen molar-refractivity contribution < 1.29 is 19.1 Å². The second-order valence-corrected chi connectivity index (χ2v) is 11.0. The summed E-state index contributed by atoms with van der Waals surface area (Å²) < 4.78 is 5.62. The molecule has 4 atom stereocenters. The van der Waals surface area contributed by atoms with E-state index in [0.29, 0.717) is 12.8 Å². The summed E-state index contributed by atoms with van der Waals surface area (Å²) in [6, 6.07) is 8.68. The molecule has 0 saturated carbocycles. The Balaban J connectivity index is 3.13. The Morgan fingerprint density at radius 3 is 2.03 bits per heavy atom. The number of carbonyl (C=O) groups excluding carboxylic acids is 3. The topological polar surface area (TPSA) is 84.5 Å². The van der Waals surface area contributed by atoms with Gasteiger partial charge in [-0.15, -0.1) is 6.58 Å². The number of hydrogen-bond donors (Lipinski definition) is 2. The summed E-state index contributed by atoms with van der Waals surface area (Å²) in [5.41, 5.74) is -0.215. The molecule has 1 aromatic rings. The van der Waals surface area contributed by atoms with Crippen LogP contribution in [0.3, 0.4) is 0 Å². The van der Waals surface area contributed by atoms with E-state index in [-0.39, 0.29) is 17.9 Å². The highest BCUT2D eigenvalue weighted by atomic mass is 16.6. The zero-order chi connectivity index (χ0) is 26.1. The summed E-state index contributed by atoms with van der Waals surface area (Å²) in [4.78, 5) is 39.7. The standard InChI is InChI=1S/C28H44N2O4/c1-10-15-21(22(16-11-2)26(33)34-28(7,8)9)24(31)30-23(27(4,5)6)25(32)29-19(3)20-17-13-12-14-18-20/h10,12-14,17-19,21-23H,1,11,15-16H2,2-9H3,(H,29,32)(H,30,31)/t19-,21-,22+,23-/m1/s1. The third-order valence-electron chi connectivity index (χ3n) is 5.63. The highest BCUT2D eigenvalue weighted by molar-refractivity contribution is 5.91. The van der Waals surface area contributed by atoms with Gasteiger partial charge in [-0.2, -0.15) is 0 Å². The third-order valence-corrected chi connectivity index (χ3v) is 5.63. The molecule has 0 aliphatic carbocycles. The predicted molar refractivity (Wildman–Crippen MR) is 137 cm³/mol. The molecule has 0 saturated heterocycles. The first-order chi connectivity index (χ1) is 15.7. The molecule has 2 amide bonds. The molecule has 0 bridgehead atoms. The first kappa shape index (κ1) is 29.4. The van der Waals surface area contributed by atoms with Gasteiger partial charge in [-0.3, -0.25) is 14.4 Å². The molecule has 190 valence electrons. The first-order valence-electron chi connectivity index (χ1n) is 12.2. The molecule has 0 fully saturated rings. The fourth-order valence-electron chi connectivity index (χ4n) is 3.85. The van der Waals surface area contributed by atoms with Gasteiger partial charge in [0.2, 0.25) is 11.8 Å². The quantitative estimate of drug-likeness (QED) is 0.336. The number of esters is 1. The average molecular weight is 473 g/mol. The fraction of sp³-hybridized carbons (Fsp3) is 0.607. The van der Waals surface area contributed by atoms with Crippen molar-refractivity contribution in [3.8, 4) is 0 Å². The van der Waals surface area contributed by atoms with E-state index in [1.54, 1.807) is 6.08 Å². The number of amides is 2. The maximum Gasteiger partial charge on any atom is 0.310 e. The van der Waals surface area contributed by atoms with Crippen molar-refractivity contribution in [2.45, 2.75) is 92.3 Å². The highest BCUT2D eigenvalue weighted by Gasteiger charge is 2.39. The van der Waals surface area contributed by atoms with Crippen molar-refractivity contribution >= 4 is 17.8 Å². The van der Waals surface area contributed by atoms with Crippen LogP contribution in [-0.2, 0) is 19.1 Å². The van der Waals surface area contributed by atoms with E-state index in [1.807, 2.05) is 85.7 Å². The average Bonchev–Trinajstić information content (AvgIpc) is 2.72. The minimum Gasteiger partial charge on any atom is -0.460 e. The van der Waals surface area contributed by atoms with Gasteiger partial charge in [-0.1, -0.05) is 70.5 Å². The molecule has 2 N–H and O–H groups in total. The van der Waals surface area contributed by atoms with Crippen LogP contribution in [-0.4, -0.2) is 29.4 Å². The van der Waals surface area contributed by atoms with Gasteiger partial charge >= 0.3 is 5.97 Å². The van der Waals surface area contributed by atoms with Crippen LogP contribution in [0.25, 0.3) is 0 Å². The van der Waals surface area contributed by atoms with Gasteiger partial charge in [0.25, 0.3) is 0 Å². The minimum absolute atomic E-state index is 0.214. The van der Waals surface area contributed by atoms with Crippen molar-refractivity contribution in [1.29, 1.82) is 0 Å². The number of hydrogen-bond acceptors (Lipinski definition) is 4. The van der Waals surface area contributed by atoms with Gasteiger partial charge < -0.3 is 15.4 Å². The number of rotatable bonds is 11. The number of benzene rings is 1. The Hall–Kier alpha value is -2.63. The Kier molecular flexibility index (Phi) is 11.0. The molecule has 0 unspecified atom stereocenters. The molecule has 34 heavy (non-hydrogen) atoms. The van der Waals surface area contributed by atoms with Crippen LogP contribution in [0.4, 0.5) is 0 Å². The van der Waals surface area contributed by atoms with E-state index in [4.69, 9.17) is 4.74 Å². The Morgan fingerprint density at radius 1 is 0.971 bits per heavy atom. The summed E-state index contributed by atoms with van der Waals surface area (Å²) in [7, 11) is 0. The van der Waals surface area contributed by atoms with Crippen LogP contribution in [0, 0.1) is 17.3 Å². The van der Waals surface area contributed by atoms with Crippen LogP contribution in [0.5, 0.6) is 0 Å². The SMILES string of the molecule is C=CC[C@@H](C(=O)N[C@H](C(=O)N[C@H](C)c1ccccc1)C(C)(C)C)[C@H](CCC)C(=O)OC(C)(C)C. The molecule has 1 rings (SSSR count). The molecule has 6 nitrogen and oxygen atoms in total. The van der Waals surface area contributed by atoms with Crippen molar-refractivity contribution in [1.82, 2.24) is 10.6 Å². The highest BCUT2D eigenvalue weighted by Crippen LogP contribution is 2.28. The molecular weight excluding hydrogens is 428 g/mol. The van der Waals surface area contributed by atoms with Crippen molar-refractivity contribution in [2.75, 3.05) is 0 Å². The van der Waals surface area contributed by atoms with Gasteiger partial charge in [-0.25, -0.2) is 0 Å². The Labute approximate surface area is 205 Å². The van der Waals surface area contributed by atoms with Crippen LogP contribution in [0.1, 0.15) is 86.3 Å². The van der Waals surface area contributed by atoms with Crippen LogP contribution < -0.4 is 10.6 Å². The molecule has 0 spiro atoms. The summed E-state index contributed by atoms with van der Waals surface area (Å²) in [6.07, 6.45) is 3.19. The van der Waals surface area contributed by atoms with Crippen LogP contribution in [0.15, 0.2) is 43.0 Å². The van der Waals surface area contributed by atoms with Crippen molar-refractivity contribution in [2.24, 2.45) is 17.3 Å². The van der Waals surface area contributed by atoms with E-state index in [1.165, 1.54) is 0 Å². The second kappa shape index (κ2) is 12.7. The van der Waals surface area contributed by atoms with Gasteiger partial charge in [0.1, 0.15) is 11.6 Å². The van der Waals surface area contributed by atoms with E-state index in [0.717, 1.165) is 12.0 Å². The number of nitrogens with one attached hydrogen (secondary N) is 2. The lowest BCUT2D eigenvalue weighted by Gasteiger charge is -2.34. The van der Waals surface area contributed by atoms with Crippen molar-refractivity contribution in [3.63, 3.8) is 0 Å². The van der Waals surface area contributed by atoms with E-state index < -0.39 is 34.9 Å². The maximum atomic E-state index is 13.5. The van der Waals surface area contributed by atoms with Gasteiger partial charge in [0, 0.05) is 0 Å². The van der Waals surface area contributed by atoms with Crippen LogP contribution in [0.2, 0.25) is 0 Å². The third kappa shape index (κ3) is 9.32. The number of allylic oxidation sites excluding steroid dienone is 1. The van der Waals surface area contributed by atoms with Gasteiger partial charge in [0.05, 0.1) is 17.9 Å². The summed E-state index contributed by atoms with van der Waals surface area (Å²) in [5.74, 6) is -2.29. The Morgan fingerprint density at radius 2 is 1.56 bits per heavy atom. The summed E-state index contributed by atoms with van der Waals surface area (Å²) in [5, 5.41) is 5.97. The fourth-order valence-corrected chi connectivity index (χ4v) is 3.85. The lowest BCUT2D eigenvalue weighted by molar-refractivity contribution is -0.164. The molecule has 0 heterocycles. The lowest BCUT2D eigenvalue weighted by atomic mass is 9.82. The Bertz CT molecular complexity index is 821. The zero-order valence-corrected chi connectivity index (χ0v) is 22.2. The monoisotopic (exact) mass is 472 g/mol. The largest absolute Gasteiger partial charge is 0.460 e. The molecule has 0 aliphatic rings. The molecular formula is C28H44N2O4. The normalized spacial score (nSPS) is 15.4. The molecule has 6 heteroatoms. The van der Waals surface area contributed by atoms with Gasteiger partial charge in [-0.05, 0) is 51.5 Å². The molecule has 0 radical (unpaired) electrons. The summed E-state index contributed by atoms with van der Waals surface area (Å²) >= 11 is 0. The maximum absolute atomic E-state index is 13.5. The first-order valence-corrected chi connectivity index (χ1v) is 12.2. The zero-order valence-electron chi connectivity index (χ0n) is 22.2. The number of carbonyl (C=O) groups is 3. The van der Waals surface area contributed by atoms with Crippen LogP contribution >= 0.6 is 0 Å². The number of ether oxygens (including phenoxy) is 1. The summed E-state index contributed by atoms with van der Waals surface area (Å²) in [6.45, 7) is 18.8. The molecule has 0 aliphatic heterocycles. The minimum atomic E-state index is -0.778. The molecule has 1 aromatic carbocycles. The lowest BCUT2D eigenvalue weighted by Crippen LogP contribution is -2.56.